The highest BCUT2D eigenvalue weighted by molar-refractivity contribution is 4.56. The molecular formula is C8H16O2. The van der Waals surface area contributed by atoms with Crippen molar-refractivity contribution in [3.63, 3.8) is 0 Å². The molecule has 0 spiro atoms. The predicted molar refractivity (Wildman–Crippen MR) is 40.0 cm³/mol. The van der Waals surface area contributed by atoms with Crippen molar-refractivity contribution in [1.82, 2.24) is 0 Å². The topological polar surface area (TPSA) is 18.5 Å². The monoisotopic (exact) mass is 144 g/mol. The van der Waals surface area contributed by atoms with Crippen molar-refractivity contribution in [1.29, 1.82) is 0 Å². The van der Waals surface area contributed by atoms with Gasteiger partial charge in [-0.15, -0.1) is 0 Å². The second kappa shape index (κ2) is 3.94. The fraction of sp³-hybridized carbons (Fsp3) is 1.00. The predicted octanol–water partition coefficient (Wildman–Crippen LogP) is 1.31. The molecular weight excluding hydrogens is 128 g/mol. The van der Waals surface area contributed by atoms with Gasteiger partial charge in [0.15, 0.2) is 0 Å². The summed E-state index contributed by atoms with van der Waals surface area (Å²) in [5.41, 5.74) is 0. The summed E-state index contributed by atoms with van der Waals surface area (Å²) in [5, 5.41) is 0. The standard InChI is InChI=1S/C8H16O2/c1-7-3-9-5-8(2)6-10-4-7/h7-8H,3-6H2,1-2H3. The molecule has 0 aromatic rings. The number of hydrogen-bond acceptors (Lipinski definition) is 2. The maximum Gasteiger partial charge on any atom is 0.0513 e. The molecule has 10 heavy (non-hydrogen) atoms. The zero-order valence-electron chi connectivity index (χ0n) is 6.80. The summed E-state index contributed by atoms with van der Waals surface area (Å²) in [6.07, 6.45) is 0. The van der Waals surface area contributed by atoms with Gasteiger partial charge in [-0.3, -0.25) is 0 Å². The van der Waals surface area contributed by atoms with Crippen molar-refractivity contribution in [2.75, 3.05) is 26.4 Å². The van der Waals surface area contributed by atoms with Crippen molar-refractivity contribution in [2.45, 2.75) is 13.8 Å². The van der Waals surface area contributed by atoms with Gasteiger partial charge in [0.2, 0.25) is 0 Å². The Morgan fingerprint density at radius 3 is 1.40 bits per heavy atom. The largest absolute Gasteiger partial charge is 0.381 e. The third kappa shape index (κ3) is 2.67. The molecule has 1 aliphatic heterocycles. The molecule has 0 aromatic heterocycles. The summed E-state index contributed by atoms with van der Waals surface area (Å²) in [6.45, 7) is 7.70. The molecule has 1 heterocycles. The van der Waals surface area contributed by atoms with Crippen LogP contribution in [0.4, 0.5) is 0 Å². The van der Waals surface area contributed by atoms with Gasteiger partial charge in [0.25, 0.3) is 0 Å². The Morgan fingerprint density at radius 2 is 1.10 bits per heavy atom. The van der Waals surface area contributed by atoms with Crippen LogP contribution in [0.25, 0.3) is 0 Å². The molecule has 0 amide bonds. The summed E-state index contributed by atoms with van der Waals surface area (Å²) in [7, 11) is 0. The van der Waals surface area contributed by atoms with Crippen molar-refractivity contribution < 1.29 is 9.47 Å². The van der Waals surface area contributed by atoms with E-state index in [4.69, 9.17) is 9.47 Å². The van der Waals surface area contributed by atoms with Gasteiger partial charge in [-0.25, -0.2) is 0 Å². The quantitative estimate of drug-likeness (QED) is 0.510. The van der Waals surface area contributed by atoms with Crippen molar-refractivity contribution >= 4 is 0 Å². The molecule has 0 unspecified atom stereocenters. The number of hydrogen-bond donors (Lipinski definition) is 0. The van der Waals surface area contributed by atoms with E-state index < -0.39 is 0 Å². The Kier molecular flexibility index (Phi) is 3.16. The molecule has 2 nitrogen and oxygen atoms in total. The van der Waals surface area contributed by atoms with E-state index in [1.165, 1.54) is 0 Å². The van der Waals surface area contributed by atoms with Gasteiger partial charge < -0.3 is 9.47 Å². The fourth-order valence-electron chi connectivity index (χ4n) is 1.04. The Hall–Kier alpha value is -0.0800. The Balaban J connectivity index is 2.21. The Bertz CT molecular complexity index is 73.3. The normalized spacial score (nSPS) is 36.6. The zero-order valence-corrected chi connectivity index (χ0v) is 6.80. The molecule has 0 bridgehead atoms. The first kappa shape index (κ1) is 8.02. The third-order valence-electron chi connectivity index (χ3n) is 1.61. The van der Waals surface area contributed by atoms with E-state index in [2.05, 4.69) is 13.8 Å². The van der Waals surface area contributed by atoms with E-state index in [1.54, 1.807) is 0 Å². The lowest BCUT2D eigenvalue weighted by Crippen LogP contribution is -2.23. The SMILES string of the molecule is CC1COCC(C)COC1. The first-order valence-electron chi connectivity index (χ1n) is 3.94. The molecule has 1 aliphatic rings. The van der Waals surface area contributed by atoms with Gasteiger partial charge in [0.05, 0.1) is 26.4 Å². The molecule has 60 valence electrons. The van der Waals surface area contributed by atoms with Gasteiger partial charge in [-0.2, -0.15) is 0 Å². The van der Waals surface area contributed by atoms with Gasteiger partial charge in [-0.1, -0.05) is 13.8 Å². The van der Waals surface area contributed by atoms with Crippen LogP contribution in [0.15, 0.2) is 0 Å². The average Bonchev–Trinajstić information content (AvgIpc) is 1.84. The molecule has 0 radical (unpaired) electrons. The lowest BCUT2D eigenvalue weighted by atomic mass is 10.2. The van der Waals surface area contributed by atoms with Crippen LogP contribution in [0.1, 0.15) is 13.8 Å². The molecule has 1 fully saturated rings. The molecule has 1 rings (SSSR count). The van der Waals surface area contributed by atoms with E-state index in [0.717, 1.165) is 26.4 Å². The van der Waals surface area contributed by atoms with Gasteiger partial charge in [0.1, 0.15) is 0 Å². The van der Waals surface area contributed by atoms with Crippen LogP contribution < -0.4 is 0 Å². The number of rotatable bonds is 0. The summed E-state index contributed by atoms with van der Waals surface area (Å²) in [4.78, 5) is 0. The van der Waals surface area contributed by atoms with E-state index in [1.807, 2.05) is 0 Å². The smallest absolute Gasteiger partial charge is 0.0513 e. The first-order valence-corrected chi connectivity index (χ1v) is 3.94. The highest BCUT2D eigenvalue weighted by Gasteiger charge is 2.10. The van der Waals surface area contributed by atoms with E-state index in [0.29, 0.717) is 11.8 Å². The lowest BCUT2D eigenvalue weighted by molar-refractivity contribution is -0.0220. The molecule has 0 saturated carbocycles. The summed E-state index contributed by atoms with van der Waals surface area (Å²) in [6, 6.07) is 0. The number of ether oxygens (including phenoxy) is 2. The summed E-state index contributed by atoms with van der Waals surface area (Å²) >= 11 is 0. The van der Waals surface area contributed by atoms with E-state index >= 15 is 0 Å². The van der Waals surface area contributed by atoms with Crippen LogP contribution >= 0.6 is 0 Å². The maximum absolute atomic E-state index is 5.42. The summed E-state index contributed by atoms with van der Waals surface area (Å²) < 4.78 is 10.8. The van der Waals surface area contributed by atoms with Crippen LogP contribution in [-0.4, -0.2) is 26.4 Å². The molecule has 1 saturated heterocycles. The molecule has 0 N–H and O–H groups in total. The van der Waals surface area contributed by atoms with Crippen LogP contribution in [-0.2, 0) is 9.47 Å². The van der Waals surface area contributed by atoms with Crippen molar-refractivity contribution in [3.05, 3.63) is 0 Å². The third-order valence-corrected chi connectivity index (χ3v) is 1.61. The molecule has 0 atom stereocenters. The Labute approximate surface area is 62.5 Å². The van der Waals surface area contributed by atoms with Crippen LogP contribution in [0.5, 0.6) is 0 Å². The fourth-order valence-corrected chi connectivity index (χ4v) is 1.04. The van der Waals surface area contributed by atoms with E-state index in [-0.39, 0.29) is 0 Å². The maximum atomic E-state index is 5.42. The molecule has 0 aliphatic carbocycles. The molecule has 2 heteroatoms. The zero-order chi connectivity index (χ0) is 7.40. The average molecular weight is 144 g/mol. The minimum Gasteiger partial charge on any atom is -0.381 e. The van der Waals surface area contributed by atoms with Crippen LogP contribution in [0.2, 0.25) is 0 Å². The van der Waals surface area contributed by atoms with Gasteiger partial charge >= 0.3 is 0 Å². The highest BCUT2D eigenvalue weighted by Crippen LogP contribution is 2.06. The highest BCUT2D eigenvalue weighted by atomic mass is 16.5. The van der Waals surface area contributed by atoms with E-state index in [9.17, 15) is 0 Å². The van der Waals surface area contributed by atoms with Gasteiger partial charge in [-0.05, 0) is 0 Å². The second-order valence-corrected chi connectivity index (χ2v) is 3.29. The Morgan fingerprint density at radius 1 is 0.800 bits per heavy atom. The minimum absolute atomic E-state index is 0.562. The summed E-state index contributed by atoms with van der Waals surface area (Å²) in [5.74, 6) is 1.12. The van der Waals surface area contributed by atoms with Crippen LogP contribution in [0.3, 0.4) is 0 Å². The second-order valence-electron chi connectivity index (χ2n) is 3.29. The molecule has 0 aromatic carbocycles. The van der Waals surface area contributed by atoms with Crippen molar-refractivity contribution in [2.24, 2.45) is 11.8 Å². The first-order chi connectivity index (χ1) is 4.79. The van der Waals surface area contributed by atoms with Crippen LogP contribution in [0, 0.1) is 11.8 Å². The van der Waals surface area contributed by atoms with Gasteiger partial charge in [0, 0.05) is 11.8 Å². The minimum atomic E-state index is 0.562. The lowest BCUT2D eigenvalue weighted by Gasteiger charge is -2.20. The van der Waals surface area contributed by atoms with Crippen molar-refractivity contribution in [3.8, 4) is 0 Å².